The summed E-state index contributed by atoms with van der Waals surface area (Å²) in [5.74, 6) is 1.16. The SMILES string of the molecule is CCCCCCc1cnc(-c2ccc(OC[C@@H](F)[C@H](F)CCC)cc2)nc1. The number of halogens is 2. The summed E-state index contributed by atoms with van der Waals surface area (Å²) < 4.78 is 32.5. The second kappa shape index (κ2) is 11.6. The van der Waals surface area contributed by atoms with Crippen molar-refractivity contribution in [2.24, 2.45) is 0 Å². The van der Waals surface area contributed by atoms with Gasteiger partial charge in [-0.3, -0.25) is 0 Å². The molecular weight excluding hydrogens is 346 g/mol. The fourth-order valence-electron chi connectivity index (χ4n) is 2.83. The zero-order valence-corrected chi connectivity index (χ0v) is 16.3. The third-order valence-corrected chi connectivity index (χ3v) is 4.50. The first-order valence-electron chi connectivity index (χ1n) is 9.96. The number of ether oxygens (including phenoxy) is 1. The van der Waals surface area contributed by atoms with E-state index in [1.165, 1.54) is 19.3 Å². The Labute approximate surface area is 161 Å². The van der Waals surface area contributed by atoms with Gasteiger partial charge in [0.1, 0.15) is 18.5 Å². The standard InChI is InChI=1S/C22H30F2N2O/c1-3-5-6-7-9-17-14-25-22(26-15-17)18-10-12-19(13-11-18)27-16-21(24)20(23)8-4-2/h10-15,20-21H,3-9,16H2,1-2H3/t20-,21-/m1/s1. The molecule has 148 valence electrons. The second-order valence-electron chi connectivity index (χ2n) is 6.88. The van der Waals surface area contributed by atoms with Crippen molar-refractivity contribution in [2.75, 3.05) is 6.61 Å². The van der Waals surface area contributed by atoms with Crippen molar-refractivity contribution in [1.82, 2.24) is 9.97 Å². The lowest BCUT2D eigenvalue weighted by Crippen LogP contribution is -2.24. The van der Waals surface area contributed by atoms with Crippen molar-refractivity contribution in [3.8, 4) is 17.1 Å². The van der Waals surface area contributed by atoms with Crippen molar-refractivity contribution in [3.05, 3.63) is 42.2 Å². The maximum atomic E-state index is 13.7. The molecule has 1 heterocycles. The summed E-state index contributed by atoms with van der Waals surface area (Å²) in [6.45, 7) is 3.76. The zero-order valence-electron chi connectivity index (χ0n) is 16.3. The highest BCUT2D eigenvalue weighted by molar-refractivity contribution is 5.55. The van der Waals surface area contributed by atoms with Crippen molar-refractivity contribution >= 4 is 0 Å². The minimum Gasteiger partial charge on any atom is -0.490 e. The molecular formula is C22H30F2N2O. The molecule has 3 nitrogen and oxygen atoms in total. The molecule has 1 aromatic heterocycles. The highest BCUT2D eigenvalue weighted by atomic mass is 19.2. The molecule has 0 spiro atoms. The average Bonchev–Trinajstić information content (AvgIpc) is 2.70. The van der Waals surface area contributed by atoms with Crippen molar-refractivity contribution in [2.45, 2.75) is 71.1 Å². The Bertz CT molecular complexity index is 646. The Hall–Kier alpha value is -2.04. The minimum absolute atomic E-state index is 0.218. The largest absolute Gasteiger partial charge is 0.490 e. The third kappa shape index (κ3) is 7.24. The van der Waals surface area contributed by atoms with Crippen LogP contribution in [0.15, 0.2) is 36.7 Å². The first-order chi connectivity index (χ1) is 13.1. The normalized spacial score (nSPS) is 13.3. The summed E-state index contributed by atoms with van der Waals surface area (Å²) in [5.41, 5.74) is 2.02. The molecule has 0 aliphatic heterocycles. The van der Waals surface area contributed by atoms with Gasteiger partial charge in [0.2, 0.25) is 0 Å². The van der Waals surface area contributed by atoms with E-state index in [1.807, 2.05) is 31.5 Å². The van der Waals surface area contributed by atoms with Gasteiger partial charge in [-0.15, -0.1) is 0 Å². The lowest BCUT2D eigenvalue weighted by molar-refractivity contribution is 0.103. The quantitative estimate of drug-likeness (QED) is 0.419. The molecule has 0 unspecified atom stereocenters. The molecule has 0 aliphatic rings. The van der Waals surface area contributed by atoms with Gasteiger partial charge < -0.3 is 4.74 Å². The third-order valence-electron chi connectivity index (χ3n) is 4.50. The van der Waals surface area contributed by atoms with E-state index >= 15 is 0 Å². The highest BCUT2D eigenvalue weighted by Gasteiger charge is 2.20. The van der Waals surface area contributed by atoms with E-state index in [9.17, 15) is 8.78 Å². The van der Waals surface area contributed by atoms with Crippen LogP contribution in [0.5, 0.6) is 5.75 Å². The predicted octanol–water partition coefficient (Wildman–Crippen LogP) is 6.12. The Balaban J connectivity index is 1.85. The number of rotatable bonds is 12. The monoisotopic (exact) mass is 376 g/mol. The maximum Gasteiger partial charge on any atom is 0.165 e. The average molecular weight is 376 g/mol. The summed E-state index contributed by atoms with van der Waals surface area (Å²) >= 11 is 0. The summed E-state index contributed by atoms with van der Waals surface area (Å²) in [7, 11) is 0. The Morgan fingerprint density at radius 2 is 1.59 bits per heavy atom. The van der Waals surface area contributed by atoms with Gasteiger partial charge in [0, 0.05) is 18.0 Å². The number of aromatic nitrogens is 2. The fourth-order valence-corrected chi connectivity index (χ4v) is 2.83. The van der Waals surface area contributed by atoms with E-state index in [-0.39, 0.29) is 13.0 Å². The van der Waals surface area contributed by atoms with E-state index in [0.29, 0.717) is 18.0 Å². The molecule has 2 rings (SSSR count). The van der Waals surface area contributed by atoms with E-state index in [4.69, 9.17) is 4.74 Å². The van der Waals surface area contributed by atoms with Gasteiger partial charge in [-0.25, -0.2) is 18.7 Å². The molecule has 0 saturated heterocycles. The smallest absolute Gasteiger partial charge is 0.165 e. The molecule has 5 heteroatoms. The molecule has 2 atom stereocenters. The van der Waals surface area contributed by atoms with Crippen LogP contribution in [0.2, 0.25) is 0 Å². The number of hydrogen-bond acceptors (Lipinski definition) is 3. The van der Waals surface area contributed by atoms with Crippen LogP contribution in [-0.4, -0.2) is 28.9 Å². The molecule has 0 bridgehead atoms. The fraction of sp³-hybridized carbons (Fsp3) is 0.545. The predicted molar refractivity (Wildman–Crippen MR) is 106 cm³/mol. The first-order valence-corrected chi connectivity index (χ1v) is 9.96. The van der Waals surface area contributed by atoms with Crippen LogP contribution in [0.3, 0.4) is 0 Å². The van der Waals surface area contributed by atoms with Crippen LogP contribution in [0.1, 0.15) is 57.9 Å². The Morgan fingerprint density at radius 3 is 2.22 bits per heavy atom. The number of nitrogens with zero attached hydrogens (tertiary/aromatic N) is 2. The van der Waals surface area contributed by atoms with Crippen molar-refractivity contribution in [1.29, 1.82) is 0 Å². The van der Waals surface area contributed by atoms with E-state index < -0.39 is 12.3 Å². The maximum absolute atomic E-state index is 13.7. The second-order valence-corrected chi connectivity index (χ2v) is 6.88. The number of hydrogen-bond donors (Lipinski definition) is 0. The van der Waals surface area contributed by atoms with E-state index in [2.05, 4.69) is 16.9 Å². The van der Waals surface area contributed by atoms with Crippen molar-refractivity contribution in [3.63, 3.8) is 0 Å². The molecule has 1 aromatic carbocycles. The molecule has 0 amide bonds. The van der Waals surface area contributed by atoms with Crippen LogP contribution in [0.4, 0.5) is 8.78 Å². The molecule has 0 N–H and O–H groups in total. The number of aryl methyl sites for hydroxylation is 1. The lowest BCUT2D eigenvalue weighted by Gasteiger charge is -2.14. The number of benzene rings is 1. The van der Waals surface area contributed by atoms with E-state index in [1.54, 1.807) is 12.1 Å². The van der Waals surface area contributed by atoms with Crippen LogP contribution in [0, 0.1) is 0 Å². The topological polar surface area (TPSA) is 35.0 Å². The Kier molecular flexibility index (Phi) is 9.16. The molecule has 2 aromatic rings. The van der Waals surface area contributed by atoms with Gasteiger partial charge in [-0.2, -0.15) is 0 Å². The molecule has 0 aliphatic carbocycles. The van der Waals surface area contributed by atoms with E-state index in [0.717, 1.165) is 24.0 Å². The molecule has 0 saturated carbocycles. The van der Waals surface area contributed by atoms with Crippen molar-refractivity contribution < 1.29 is 13.5 Å². The minimum atomic E-state index is -1.60. The van der Waals surface area contributed by atoms with Crippen LogP contribution in [0.25, 0.3) is 11.4 Å². The molecule has 27 heavy (non-hydrogen) atoms. The number of unbranched alkanes of at least 4 members (excludes halogenated alkanes) is 3. The van der Waals surface area contributed by atoms with Crippen LogP contribution >= 0.6 is 0 Å². The van der Waals surface area contributed by atoms with Crippen LogP contribution < -0.4 is 4.74 Å². The van der Waals surface area contributed by atoms with Crippen LogP contribution in [-0.2, 0) is 6.42 Å². The Morgan fingerprint density at radius 1 is 0.889 bits per heavy atom. The van der Waals surface area contributed by atoms with Gasteiger partial charge in [0.15, 0.2) is 12.0 Å². The summed E-state index contributed by atoms with van der Waals surface area (Å²) in [4.78, 5) is 8.87. The lowest BCUT2D eigenvalue weighted by atomic mass is 10.1. The molecule has 0 fully saturated rings. The summed E-state index contributed by atoms with van der Waals surface area (Å²) in [6, 6.07) is 7.13. The first kappa shape index (κ1) is 21.3. The zero-order chi connectivity index (χ0) is 19.5. The van der Waals surface area contributed by atoms with Gasteiger partial charge >= 0.3 is 0 Å². The van der Waals surface area contributed by atoms with Gasteiger partial charge in [0.25, 0.3) is 0 Å². The number of alkyl halides is 2. The van der Waals surface area contributed by atoms with Gasteiger partial charge in [-0.1, -0.05) is 39.5 Å². The highest BCUT2D eigenvalue weighted by Crippen LogP contribution is 2.20. The van der Waals surface area contributed by atoms with Gasteiger partial charge in [0.05, 0.1) is 0 Å². The summed E-state index contributed by atoms with van der Waals surface area (Å²) in [5, 5.41) is 0. The summed E-state index contributed by atoms with van der Waals surface area (Å²) in [6.07, 6.45) is 7.42. The molecule has 0 radical (unpaired) electrons. The van der Waals surface area contributed by atoms with Gasteiger partial charge in [-0.05, 0) is 49.1 Å².